The van der Waals surface area contributed by atoms with Gasteiger partial charge in [0.05, 0.1) is 12.3 Å². The Morgan fingerprint density at radius 3 is 2.66 bits per heavy atom. The van der Waals surface area contributed by atoms with Crippen molar-refractivity contribution in [2.75, 3.05) is 6.61 Å². The molecule has 0 radical (unpaired) electrons. The number of benzene rings is 1. The molecule has 0 bridgehead atoms. The molecule has 1 aromatic carbocycles. The number of nitrogens with zero attached hydrogens (tertiary/aromatic N) is 3. The highest BCUT2D eigenvalue weighted by Gasteiger charge is 2.28. The first-order chi connectivity index (χ1) is 13.9. The molecule has 29 heavy (non-hydrogen) atoms. The van der Waals surface area contributed by atoms with Crippen LogP contribution < -0.4 is 0 Å². The first kappa shape index (κ1) is 20.3. The van der Waals surface area contributed by atoms with Crippen LogP contribution in [0.15, 0.2) is 71.6 Å². The summed E-state index contributed by atoms with van der Waals surface area (Å²) in [4.78, 5) is 12.1. The maximum atomic E-state index is 12.1. The number of aromatic nitrogens is 2. The topological polar surface area (TPSA) is 67.9 Å². The van der Waals surface area contributed by atoms with E-state index < -0.39 is 5.97 Å². The van der Waals surface area contributed by atoms with Crippen molar-refractivity contribution >= 4 is 12.0 Å². The Hall–Kier alpha value is -3.39. The van der Waals surface area contributed by atoms with Gasteiger partial charge in [0.2, 0.25) is 0 Å². The molecule has 2 aromatic rings. The van der Waals surface area contributed by atoms with E-state index in [0.717, 1.165) is 28.8 Å². The summed E-state index contributed by atoms with van der Waals surface area (Å²) >= 11 is 0. The molecule has 0 amide bonds. The van der Waals surface area contributed by atoms with Crippen molar-refractivity contribution < 1.29 is 9.53 Å². The molecule has 0 N–H and O–H groups in total. The fourth-order valence-electron chi connectivity index (χ4n) is 3.54. The Morgan fingerprint density at radius 1 is 1.28 bits per heavy atom. The molecule has 0 atom stereocenters. The molecule has 3 rings (SSSR count). The minimum Gasteiger partial charge on any atom is -0.462 e. The van der Waals surface area contributed by atoms with E-state index in [2.05, 4.69) is 25.0 Å². The predicted octanol–water partition coefficient (Wildman–Crippen LogP) is 5.02. The molecule has 0 unspecified atom stereocenters. The smallest absolute Gasteiger partial charge is 0.349 e. The average Bonchev–Trinajstić information content (AvgIpc) is 3.21. The monoisotopic (exact) mass is 387 g/mol. The molecule has 1 aliphatic carbocycles. The third-order valence-corrected chi connectivity index (χ3v) is 4.78. The van der Waals surface area contributed by atoms with Gasteiger partial charge in [0.1, 0.15) is 11.6 Å². The molecule has 5 heteroatoms. The highest BCUT2D eigenvalue weighted by Crippen LogP contribution is 2.39. The van der Waals surface area contributed by atoms with Crippen LogP contribution in [0.3, 0.4) is 0 Å². The fraction of sp³-hybridized carbons (Fsp3) is 0.292. The van der Waals surface area contributed by atoms with Gasteiger partial charge in [-0.3, -0.25) is 0 Å². The van der Waals surface area contributed by atoms with E-state index in [0.29, 0.717) is 6.42 Å². The highest BCUT2D eigenvalue weighted by atomic mass is 16.5. The van der Waals surface area contributed by atoms with Crippen LogP contribution in [-0.4, -0.2) is 22.4 Å². The van der Waals surface area contributed by atoms with Gasteiger partial charge >= 0.3 is 5.97 Å². The Kier molecular flexibility index (Phi) is 6.13. The Labute approximate surface area is 171 Å². The molecule has 148 valence electrons. The second-order valence-corrected chi connectivity index (χ2v) is 7.85. The van der Waals surface area contributed by atoms with Crippen molar-refractivity contribution in [2.24, 2.45) is 5.41 Å². The van der Waals surface area contributed by atoms with Crippen LogP contribution in [-0.2, 0) is 9.53 Å². The summed E-state index contributed by atoms with van der Waals surface area (Å²) in [6.07, 6.45) is 11.3. The average molecular weight is 387 g/mol. The summed E-state index contributed by atoms with van der Waals surface area (Å²) in [6, 6.07) is 12.0. The Balaban J connectivity index is 1.85. The third-order valence-electron chi connectivity index (χ3n) is 4.78. The number of ether oxygens (including phenoxy) is 1. The van der Waals surface area contributed by atoms with Crippen LogP contribution in [0, 0.1) is 16.7 Å². The van der Waals surface area contributed by atoms with E-state index in [9.17, 15) is 10.1 Å². The molecule has 0 saturated heterocycles. The second kappa shape index (κ2) is 8.74. The molecule has 0 spiro atoms. The highest BCUT2D eigenvalue weighted by molar-refractivity contribution is 5.94. The summed E-state index contributed by atoms with van der Waals surface area (Å²) in [5.74, 6) is -0.545. The van der Waals surface area contributed by atoms with Gasteiger partial charge in [-0.25, -0.2) is 9.48 Å². The molecule has 5 nitrogen and oxygen atoms in total. The summed E-state index contributed by atoms with van der Waals surface area (Å²) < 4.78 is 6.86. The van der Waals surface area contributed by atoms with Crippen molar-refractivity contribution in [1.82, 2.24) is 9.78 Å². The van der Waals surface area contributed by atoms with Crippen LogP contribution in [0.2, 0.25) is 0 Å². The fourth-order valence-corrected chi connectivity index (χ4v) is 3.54. The second-order valence-electron chi connectivity index (χ2n) is 7.85. The van der Waals surface area contributed by atoms with Gasteiger partial charge in [0.25, 0.3) is 0 Å². The van der Waals surface area contributed by atoms with Gasteiger partial charge in [-0.05, 0) is 60.1 Å². The number of carbonyl (C=O) groups is 1. The van der Waals surface area contributed by atoms with Crippen molar-refractivity contribution in [3.05, 3.63) is 77.2 Å². The van der Waals surface area contributed by atoms with Gasteiger partial charge in [0.15, 0.2) is 0 Å². The summed E-state index contributed by atoms with van der Waals surface area (Å²) in [5.41, 5.74) is 3.97. The van der Waals surface area contributed by atoms with E-state index in [-0.39, 0.29) is 17.6 Å². The zero-order valence-electron chi connectivity index (χ0n) is 17.1. The normalized spacial score (nSPS) is 17.5. The number of carbonyl (C=O) groups excluding carboxylic acids is 1. The van der Waals surface area contributed by atoms with Crippen molar-refractivity contribution in [3.8, 4) is 11.8 Å². The van der Waals surface area contributed by atoms with E-state index in [4.69, 9.17) is 4.74 Å². The SMILES string of the molecule is CCOC(=O)/C(C#N)=C1C=C(/C=C/c2ccc(-n3cccn3)cc2)CC(C)(C)C/1. The van der Waals surface area contributed by atoms with Crippen LogP contribution in [0.25, 0.3) is 11.8 Å². The van der Waals surface area contributed by atoms with E-state index in [1.54, 1.807) is 13.1 Å². The molecule has 1 heterocycles. The zero-order valence-corrected chi connectivity index (χ0v) is 17.1. The van der Waals surface area contributed by atoms with Gasteiger partial charge in [0, 0.05) is 12.4 Å². The number of allylic oxidation sites excluding steroid dienone is 4. The van der Waals surface area contributed by atoms with E-state index in [1.165, 1.54) is 0 Å². The van der Waals surface area contributed by atoms with Gasteiger partial charge in [-0.1, -0.05) is 44.2 Å². The van der Waals surface area contributed by atoms with Crippen LogP contribution in [0.5, 0.6) is 0 Å². The molecular weight excluding hydrogens is 362 g/mol. The zero-order chi connectivity index (χ0) is 20.9. The van der Waals surface area contributed by atoms with Crippen molar-refractivity contribution in [1.29, 1.82) is 5.26 Å². The Bertz CT molecular complexity index is 1000. The van der Waals surface area contributed by atoms with Crippen molar-refractivity contribution in [2.45, 2.75) is 33.6 Å². The Morgan fingerprint density at radius 2 is 2.03 bits per heavy atom. The molecule has 0 fully saturated rings. The summed E-state index contributed by atoms with van der Waals surface area (Å²) in [6.45, 7) is 6.29. The maximum Gasteiger partial charge on any atom is 0.349 e. The lowest BCUT2D eigenvalue weighted by Gasteiger charge is -2.30. The predicted molar refractivity (Wildman–Crippen MR) is 113 cm³/mol. The summed E-state index contributed by atoms with van der Waals surface area (Å²) in [5, 5.41) is 13.7. The number of hydrogen-bond acceptors (Lipinski definition) is 4. The number of nitriles is 1. The maximum absolute atomic E-state index is 12.1. The van der Waals surface area contributed by atoms with Crippen LogP contribution in [0.1, 0.15) is 39.2 Å². The standard InChI is InChI=1S/C24H25N3O2/c1-4-29-23(28)22(17-25)20-14-19(15-24(2,3)16-20)7-6-18-8-10-21(11-9-18)27-13-5-12-26-27/h5-14H,4,15-16H2,1-3H3/b7-6+,22-20-. The van der Waals surface area contributed by atoms with Crippen LogP contribution in [0.4, 0.5) is 0 Å². The number of rotatable bonds is 5. The molecule has 1 aromatic heterocycles. The lowest BCUT2D eigenvalue weighted by molar-refractivity contribution is -0.138. The van der Waals surface area contributed by atoms with Gasteiger partial charge < -0.3 is 4.74 Å². The van der Waals surface area contributed by atoms with Crippen LogP contribution >= 0.6 is 0 Å². The van der Waals surface area contributed by atoms with E-state index >= 15 is 0 Å². The molecule has 0 aliphatic heterocycles. The lowest BCUT2D eigenvalue weighted by atomic mass is 9.74. The van der Waals surface area contributed by atoms with Crippen molar-refractivity contribution in [3.63, 3.8) is 0 Å². The lowest BCUT2D eigenvalue weighted by Crippen LogP contribution is -2.19. The molecule has 0 saturated carbocycles. The van der Waals surface area contributed by atoms with Gasteiger partial charge in [-0.2, -0.15) is 10.4 Å². The molecular formula is C24H25N3O2. The number of esters is 1. The first-order valence-corrected chi connectivity index (χ1v) is 9.71. The van der Waals surface area contributed by atoms with E-state index in [1.807, 2.05) is 59.4 Å². The minimum atomic E-state index is -0.545. The quantitative estimate of drug-likeness (QED) is 0.411. The summed E-state index contributed by atoms with van der Waals surface area (Å²) in [7, 11) is 0. The largest absolute Gasteiger partial charge is 0.462 e. The third kappa shape index (κ3) is 5.11. The van der Waals surface area contributed by atoms with Gasteiger partial charge in [-0.15, -0.1) is 0 Å². The first-order valence-electron chi connectivity index (χ1n) is 9.71. The molecule has 1 aliphatic rings. The minimum absolute atomic E-state index is 0.0394. The number of hydrogen-bond donors (Lipinski definition) is 0.